The molecule has 3 amide bonds. The van der Waals surface area contributed by atoms with Gasteiger partial charge in [-0.15, -0.1) is 4.58 Å². The quantitative estimate of drug-likeness (QED) is 0.281. The highest BCUT2D eigenvalue weighted by Gasteiger charge is 2.48. The van der Waals surface area contributed by atoms with Crippen molar-refractivity contribution in [2.45, 2.75) is 38.2 Å². The van der Waals surface area contributed by atoms with Gasteiger partial charge in [-0.2, -0.15) is 4.79 Å². The normalized spacial score (nSPS) is 22.1. The van der Waals surface area contributed by atoms with E-state index in [2.05, 4.69) is 15.3 Å². The number of carbonyl (C=O) groups excluding carboxylic acids is 2. The fourth-order valence-corrected chi connectivity index (χ4v) is 3.09. The van der Waals surface area contributed by atoms with Crippen molar-refractivity contribution in [3.63, 3.8) is 0 Å². The van der Waals surface area contributed by atoms with E-state index in [-0.39, 0.29) is 12.4 Å². The van der Waals surface area contributed by atoms with Crippen LogP contribution in [0.1, 0.15) is 11.1 Å². The highest BCUT2D eigenvalue weighted by Crippen LogP contribution is 2.05. The van der Waals surface area contributed by atoms with E-state index in [1.165, 1.54) is 4.58 Å². The van der Waals surface area contributed by atoms with E-state index >= 15 is 0 Å². The average Bonchev–Trinajstić information content (AvgIpc) is 2.62. The highest BCUT2D eigenvalue weighted by atomic mass is 16.4. The minimum Gasteiger partial charge on any atom is -0.394 e. The van der Waals surface area contributed by atoms with Gasteiger partial charge in [0.1, 0.15) is 23.7 Å². The second-order valence-electron chi connectivity index (χ2n) is 6.70. The fraction of sp³-hybridized carbons (Fsp3) is 0.471. The van der Waals surface area contributed by atoms with Gasteiger partial charge in [0.15, 0.2) is 6.54 Å². The number of nitrogens with zero attached hydrogens (tertiary/aromatic N) is 2. The SMILES string of the molecule is Cc1cc2c(cc1C)=[N+](CC(O)C(O)C(O)CO)C1=[NH+]C(=O)NC(=O)C1N=2. The Labute approximate surface area is 153 Å². The number of aliphatic hydroxyl groups is 4. The Morgan fingerprint density at radius 3 is 2.52 bits per heavy atom. The van der Waals surface area contributed by atoms with Gasteiger partial charge < -0.3 is 20.4 Å². The van der Waals surface area contributed by atoms with Crippen LogP contribution in [0.4, 0.5) is 4.79 Å². The summed E-state index contributed by atoms with van der Waals surface area (Å²) in [6.45, 7) is 2.83. The number of hydrogen-bond donors (Lipinski definition) is 6. The first-order valence-corrected chi connectivity index (χ1v) is 8.46. The van der Waals surface area contributed by atoms with Crippen molar-refractivity contribution in [2.24, 2.45) is 4.99 Å². The van der Waals surface area contributed by atoms with E-state index in [0.29, 0.717) is 10.7 Å². The monoisotopic (exact) mass is 378 g/mol. The summed E-state index contributed by atoms with van der Waals surface area (Å²) in [5.74, 6) is -0.447. The molecule has 10 heteroatoms. The molecule has 1 aromatic carbocycles. The summed E-state index contributed by atoms with van der Waals surface area (Å²) in [6, 6.07) is 1.87. The molecule has 0 fully saturated rings. The summed E-state index contributed by atoms with van der Waals surface area (Å²) >= 11 is 0. The summed E-state index contributed by atoms with van der Waals surface area (Å²) in [4.78, 5) is 30.9. The third-order valence-electron chi connectivity index (χ3n) is 4.77. The van der Waals surface area contributed by atoms with Crippen LogP contribution < -0.4 is 25.6 Å². The Bertz CT molecular complexity index is 957. The summed E-state index contributed by atoms with van der Waals surface area (Å²) in [5.41, 5.74) is 1.89. The third kappa shape index (κ3) is 3.52. The number of fused-ring (bicyclic) bond motifs is 2. The molecular formula is C17H22N4O6+2. The number of amidine groups is 1. The summed E-state index contributed by atoms with van der Waals surface area (Å²) in [5, 5.41) is 42.1. The largest absolute Gasteiger partial charge is 0.502 e. The van der Waals surface area contributed by atoms with E-state index in [1.54, 1.807) is 12.1 Å². The molecule has 2 aliphatic heterocycles. The molecule has 1 aromatic rings. The van der Waals surface area contributed by atoms with E-state index in [4.69, 9.17) is 5.11 Å². The third-order valence-corrected chi connectivity index (χ3v) is 4.77. The molecule has 10 nitrogen and oxygen atoms in total. The first kappa shape index (κ1) is 19.2. The number of aliphatic hydroxyl groups excluding tert-OH is 4. The van der Waals surface area contributed by atoms with Gasteiger partial charge in [0, 0.05) is 6.07 Å². The van der Waals surface area contributed by atoms with Crippen LogP contribution in [0.5, 0.6) is 0 Å². The van der Waals surface area contributed by atoms with Gasteiger partial charge in [-0.1, -0.05) is 4.99 Å². The summed E-state index contributed by atoms with van der Waals surface area (Å²) in [7, 11) is 0. The zero-order valence-corrected chi connectivity index (χ0v) is 14.9. The molecule has 0 radical (unpaired) electrons. The first-order valence-electron chi connectivity index (χ1n) is 8.46. The van der Waals surface area contributed by atoms with Gasteiger partial charge in [-0.05, 0) is 31.0 Å². The molecule has 2 heterocycles. The van der Waals surface area contributed by atoms with Crippen molar-refractivity contribution in [1.82, 2.24) is 9.89 Å². The smallest absolute Gasteiger partial charge is 0.394 e. The second kappa shape index (κ2) is 7.24. The van der Waals surface area contributed by atoms with Crippen molar-refractivity contribution >= 4 is 17.8 Å². The molecule has 0 aliphatic carbocycles. The Kier molecular flexibility index (Phi) is 5.16. The van der Waals surface area contributed by atoms with Gasteiger partial charge in [0.05, 0.1) is 6.61 Å². The Morgan fingerprint density at radius 1 is 1.19 bits per heavy atom. The van der Waals surface area contributed by atoms with Gasteiger partial charge in [-0.25, -0.2) is 10.3 Å². The maximum Gasteiger partial charge on any atom is 0.502 e. The lowest BCUT2D eigenvalue weighted by atomic mass is 10.1. The molecule has 2 aliphatic rings. The van der Waals surface area contributed by atoms with Crippen molar-refractivity contribution in [3.8, 4) is 0 Å². The molecule has 3 rings (SSSR count). The van der Waals surface area contributed by atoms with Crippen LogP contribution in [-0.4, -0.2) is 75.7 Å². The Balaban J connectivity index is 2.18. The lowest BCUT2D eigenvalue weighted by molar-refractivity contribution is -0.352. The number of benzene rings is 1. The molecule has 0 spiro atoms. The summed E-state index contributed by atoms with van der Waals surface area (Å²) in [6.07, 6.45) is -4.61. The van der Waals surface area contributed by atoms with Gasteiger partial charge >= 0.3 is 11.9 Å². The van der Waals surface area contributed by atoms with Crippen molar-refractivity contribution in [3.05, 3.63) is 34.0 Å². The van der Waals surface area contributed by atoms with Gasteiger partial charge in [-0.3, -0.25) is 4.79 Å². The number of amides is 3. The number of nitrogens with one attached hydrogen (secondary N) is 2. The Hall–Kier alpha value is -2.53. The molecule has 4 atom stereocenters. The van der Waals surface area contributed by atoms with Crippen LogP contribution in [0.25, 0.3) is 0 Å². The van der Waals surface area contributed by atoms with Crippen LogP contribution in [0.15, 0.2) is 17.1 Å². The van der Waals surface area contributed by atoms with Crippen LogP contribution >= 0.6 is 0 Å². The van der Waals surface area contributed by atoms with Crippen LogP contribution in [0.3, 0.4) is 0 Å². The molecule has 0 bridgehead atoms. The molecule has 27 heavy (non-hydrogen) atoms. The lowest BCUT2D eigenvalue weighted by Gasteiger charge is -2.21. The van der Waals surface area contributed by atoms with E-state index in [9.17, 15) is 24.9 Å². The number of hydrogen-bond acceptors (Lipinski definition) is 7. The maximum atomic E-state index is 12.2. The second-order valence-corrected chi connectivity index (χ2v) is 6.70. The van der Waals surface area contributed by atoms with Gasteiger partial charge in [0.25, 0.3) is 11.9 Å². The van der Waals surface area contributed by atoms with Crippen molar-refractivity contribution < 1.29 is 35.0 Å². The predicted octanol–water partition coefficient (Wildman–Crippen LogP) is -5.40. The Morgan fingerprint density at radius 2 is 1.85 bits per heavy atom. The number of rotatable bonds is 5. The molecule has 6 N–H and O–H groups in total. The van der Waals surface area contributed by atoms with E-state index in [0.717, 1.165) is 11.1 Å². The van der Waals surface area contributed by atoms with Crippen LogP contribution in [0, 0.1) is 13.8 Å². The molecule has 144 valence electrons. The van der Waals surface area contributed by atoms with E-state index in [1.807, 2.05) is 13.8 Å². The molecule has 0 aromatic heterocycles. The number of urea groups is 1. The van der Waals surface area contributed by atoms with Crippen molar-refractivity contribution in [2.75, 3.05) is 13.2 Å². The zero-order valence-electron chi connectivity index (χ0n) is 14.9. The van der Waals surface area contributed by atoms with Crippen LogP contribution in [0.2, 0.25) is 0 Å². The van der Waals surface area contributed by atoms with E-state index < -0.39 is 42.9 Å². The lowest BCUT2D eigenvalue weighted by Crippen LogP contribution is -2.90. The molecular weight excluding hydrogens is 356 g/mol. The highest BCUT2D eigenvalue weighted by molar-refractivity contribution is 6.13. The number of β-amino-alcohol motifs (C(OH)–C–C–N with tert-alkyl or cyclic N) is 1. The standard InChI is InChI=1S/C17H20N4O6/c1-7-3-9-10(4-8(7)2)21(5-11(23)14(25)12(24)6-22)15-13(18-9)16(26)20-17(27)19-15/h3-4,11-14,22-25H,5-6H2,1-2H3/p+2. The summed E-state index contributed by atoms with van der Waals surface area (Å²) < 4.78 is 1.49. The number of aryl methyl sites for hydroxylation is 2. The van der Waals surface area contributed by atoms with Crippen molar-refractivity contribution in [1.29, 1.82) is 0 Å². The topological polar surface area (TPSA) is 156 Å². The maximum absolute atomic E-state index is 12.2. The average molecular weight is 378 g/mol. The number of imide groups is 1. The zero-order chi connectivity index (χ0) is 19.9. The first-order chi connectivity index (χ1) is 12.7. The predicted molar refractivity (Wildman–Crippen MR) is 91.2 cm³/mol. The molecule has 4 unspecified atom stereocenters. The van der Waals surface area contributed by atoms with Crippen LogP contribution in [-0.2, 0) is 4.79 Å². The fourth-order valence-electron chi connectivity index (χ4n) is 3.09. The minimum atomic E-state index is -1.61. The molecule has 0 saturated carbocycles. The molecule has 0 saturated heterocycles. The number of carbonyl (C=O) groups is 2. The minimum absolute atomic E-state index is 0.157. The van der Waals surface area contributed by atoms with Gasteiger partial charge in [0.2, 0.25) is 5.36 Å².